The van der Waals surface area contributed by atoms with Crippen molar-refractivity contribution in [3.8, 4) is 0 Å². The van der Waals surface area contributed by atoms with Gasteiger partial charge in [-0.05, 0) is 37.0 Å². The Labute approximate surface area is 150 Å². The van der Waals surface area contributed by atoms with Crippen molar-refractivity contribution in [2.45, 2.75) is 25.7 Å². The highest BCUT2D eigenvalue weighted by molar-refractivity contribution is 6.00. The summed E-state index contributed by atoms with van der Waals surface area (Å²) in [5, 5.41) is 14.3. The second kappa shape index (κ2) is 8.84. The molecule has 1 aliphatic rings. The van der Waals surface area contributed by atoms with Crippen LogP contribution in [-0.4, -0.2) is 41.9 Å². The van der Waals surface area contributed by atoms with Crippen LogP contribution < -0.4 is 22.1 Å². The fourth-order valence-electron chi connectivity index (χ4n) is 2.73. The summed E-state index contributed by atoms with van der Waals surface area (Å²) in [7, 11) is 0. The van der Waals surface area contributed by atoms with Crippen molar-refractivity contribution in [1.29, 1.82) is 0 Å². The first kappa shape index (κ1) is 19.2. The molecule has 1 aromatic rings. The Morgan fingerprint density at radius 3 is 2.77 bits per heavy atom. The van der Waals surface area contributed by atoms with Gasteiger partial charge in [0, 0.05) is 24.3 Å². The summed E-state index contributed by atoms with van der Waals surface area (Å²) in [5.41, 5.74) is 12.3. The molecule has 0 aromatic heterocycles. The molecule has 0 aliphatic carbocycles. The van der Waals surface area contributed by atoms with E-state index < -0.39 is 11.9 Å². The van der Waals surface area contributed by atoms with Gasteiger partial charge in [-0.25, -0.2) is 0 Å². The molecule has 0 spiro atoms. The number of carboxylic acid groups (broad SMARTS) is 1. The van der Waals surface area contributed by atoms with E-state index in [9.17, 15) is 14.4 Å². The molecule has 2 rings (SSSR count). The van der Waals surface area contributed by atoms with E-state index in [0.717, 1.165) is 18.4 Å². The molecule has 2 amide bonds. The Kier molecular flexibility index (Phi) is 6.54. The third-order valence-corrected chi connectivity index (χ3v) is 4.05. The average Bonchev–Trinajstić information content (AvgIpc) is 2.57. The number of anilines is 1. The van der Waals surface area contributed by atoms with Gasteiger partial charge in [0.15, 0.2) is 5.96 Å². The van der Waals surface area contributed by atoms with Crippen LogP contribution in [0.4, 0.5) is 5.69 Å². The Balaban J connectivity index is 1.89. The van der Waals surface area contributed by atoms with E-state index in [4.69, 9.17) is 16.6 Å². The van der Waals surface area contributed by atoms with Crippen LogP contribution in [0.3, 0.4) is 0 Å². The molecule has 0 bridgehead atoms. The van der Waals surface area contributed by atoms with E-state index >= 15 is 0 Å². The zero-order valence-electron chi connectivity index (χ0n) is 14.3. The number of unbranched alkanes of at least 4 members (excludes halogenated alkanes) is 1. The van der Waals surface area contributed by atoms with Crippen LogP contribution in [-0.2, 0) is 16.0 Å². The maximum atomic E-state index is 12.2. The van der Waals surface area contributed by atoms with Gasteiger partial charge in [-0.1, -0.05) is 6.07 Å². The number of aliphatic imine (C=N–C) groups is 1. The highest BCUT2D eigenvalue weighted by Gasteiger charge is 2.28. The summed E-state index contributed by atoms with van der Waals surface area (Å²) in [4.78, 5) is 38.9. The number of hydrogen-bond acceptors (Lipinski definition) is 4. The van der Waals surface area contributed by atoms with Crippen molar-refractivity contribution in [2.75, 3.05) is 18.4 Å². The van der Waals surface area contributed by atoms with Crippen LogP contribution in [0, 0.1) is 5.92 Å². The molecule has 0 saturated carbocycles. The van der Waals surface area contributed by atoms with E-state index in [0.29, 0.717) is 30.8 Å². The Morgan fingerprint density at radius 2 is 2.08 bits per heavy atom. The summed E-state index contributed by atoms with van der Waals surface area (Å²) in [5.74, 6) is -2.13. The zero-order valence-corrected chi connectivity index (χ0v) is 14.3. The number of nitrogens with one attached hydrogen (secondary N) is 2. The van der Waals surface area contributed by atoms with Crippen LogP contribution in [0.15, 0.2) is 23.2 Å². The lowest BCUT2D eigenvalue weighted by Crippen LogP contribution is -2.32. The van der Waals surface area contributed by atoms with Gasteiger partial charge in [-0.3, -0.25) is 19.4 Å². The molecule has 1 unspecified atom stereocenters. The van der Waals surface area contributed by atoms with Crippen molar-refractivity contribution in [2.24, 2.45) is 22.4 Å². The number of nitrogens with zero attached hydrogens (tertiary/aromatic N) is 1. The van der Waals surface area contributed by atoms with Crippen molar-refractivity contribution < 1.29 is 19.5 Å². The van der Waals surface area contributed by atoms with Crippen molar-refractivity contribution in [1.82, 2.24) is 5.32 Å². The highest BCUT2D eigenvalue weighted by atomic mass is 16.4. The van der Waals surface area contributed by atoms with E-state index in [1.165, 1.54) is 0 Å². The maximum absolute atomic E-state index is 12.2. The summed E-state index contributed by atoms with van der Waals surface area (Å²) in [6.07, 6.45) is 1.62. The van der Waals surface area contributed by atoms with Gasteiger partial charge in [-0.2, -0.15) is 0 Å². The van der Waals surface area contributed by atoms with Crippen LogP contribution in [0.2, 0.25) is 0 Å². The molecular weight excluding hydrogens is 338 g/mol. The molecule has 7 N–H and O–H groups in total. The van der Waals surface area contributed by atoms with Gasteiger partial charge in [0.2, 0.25) is 5.91 Å². The number of carbonyl (C=O) groups excluding carboxylic acids is 2. The molecule has 1 atom stereocenters. The first-order chi connectivity index (χ1) is 12.4. The number of benzene rings is 1. The van der Waals surface area contributed by atoms with Crippen LogP contribution in [0.25, 0.3) is 0 Å². The van der Waals surface area contributed by atoms with Gasteiger partial charge in [0.25, 0.3) is 5.91 Å². The minimum Gasteiger partial charge on any atom is -0.481 e. The maximum Gasteiger partial charge on any atom is 0.304 e. The molecule has 0 fully saturated rings. The van der Waals surface area contributed by atoms with E-state index in [2.05, 4.69) is 15.6 Å². The smallest absolute Gasteiger partial charge is 0.304 e. The average molecular weight is 361 g/mol. The SMILES string of the molecule is NC(N)=NCCCCNC(=O)c1ccc2c(c1)NC(=O)C(CC(=O)O)C2. The lowest BCUT2D eigenvalue weighted by atomic mass is 9.90. The van der Waals surface area contributed by atoms with Crippen molar-refractivity contribution in [3.05, 3.63) is 29.3 Å². The van der Waals surface area contributed by atoms with E-state index in [1.807, 2.05) is 0 Å². The normalized spacial score (nSPS) is 15.5. The molecule has 26 heavy (non-hydrogen) atoms. The number of hydrogen-bond donors (Lipinski definition) is 5. The predicted octanol–water partition coefficient (Wildman–Crippen LogP) is 0.0555. The number of aliphatic carboxylic acids is 1. The number of carboxylic acids is 1. The monoisotopic (exact) mass is 361 g/mol. The molecule has 0 saturated heterocycles. The second-order valence-corrected chi connectivity index (χ2v) is 6.13. The van der Waals surface area contributed by atoms with Crippen molar-refractivity contribution >= 4 is 29.4 Å². The third-order valence-electron chi connectivity index (χ3n) is 4.05. The molecule has 9 heteroatoms. The van der Waals surface area contributed by atoms with Gasteiger partial charge in [0.05, 0.1) is 12.3 Å². The number of fused-ring (bicyclic) bond motifs is 1. The van der Waals surface area contributed by atoms with Gasteiger partial charge >= 0.3 is 5.97 Å². The molecule has 1 aromatic carbocycles. The Morgan fingerprint density at radius 1 is 1.31 bits per heavy atom. The first-order valence-corrected chi connectivity index (χ1v) is 8.36. The third kappa shape index (κ3) is 5.47. The molecule has 0 radical (unpaired) electrons. The quantitative estimate of drug-likeness (QED) is 0.250. The minimum atomic E-state index is -1.01. The van der Waals surface area contributed by atoms with Crippen LogP contribution in [0.1, 0.15) is 35.2 Å². The van der Waals surface area contributed by atoms with Gasteiger partial charge < -0.3 is 27.2 Å². The lowest BCUT2D eigenvalue weighted by Gasteiger charge is -2.24. The van der Waals surface area contributed by atoms with Crippen LogP contribution >= 0.6 is 0 Å². The van der Waals surface area contributed by atoms with Gasteiger partial charge in [0.1, 0.15) is 0 Å². The Hall–Kier alpha value is -3.10. The zero-order chi connectivity index (χ0) is 19.1. The molecule has 9 nitrogen and oxygen atoms in total. The summed E-state index contributed by atoms with van der Waals surface area (Å²) in [6, 6.07) is 5.03. The largest absolute Gasteiger partial charge is 0.481 e. The minimum absolute atomic E-state index is 0.0516. The van der Waals surface area contributed by atoms with Gasteiger partial charge in [-0.15, -0.1) is 0 Å². The predicted molar refractivity (Wildman–Crippen MR) is 96.8 cm³/mol. The topological polar surface area (TPSA) is 160 Å². The summed E-state index contributed by atoms with van der Waals surface area (Å²) in [6.45, 7) is 1.00. The fraction of sp³-hybridized carbons (Fsp3) is 0.412. The summed E-state index contributed by atoms with van der Waals surface area (Å²) < 4.78 is 0. The number of amides is 2. The lowest BCUT2D eigenvalue weighted by molar-refractivity contribution is -0.140. The second-order valence-electron chi connectivity index (χ2n) is 6.13. The fourth-order valence-corrected chi connectivity index (χ4v) is 2.73. The number of rotatable bonds is 8. The molecule has 1 heterocycles. The van der Waals surface area contributed by atoms with E-state index in [1.54, 1.807) is 18.2 Å². The number of carbonyl (C=O) groups is 3. The highest BCUT2D eigenvalue weighted by Crippen LogP contribution is 2.28. The first-order valence-electron chi connectivity index (χ1n) is 8.36. The number of nitrogens with two attached hydrogens (primary N) is 2. The van der Waals surface area contributed by atoms with Crippen LogP contribution in [0.5, 0.6) is 0 Å². The molecular formula is C17H23N5O4. The number of guanidine groups is 1. The summed E-state index contributed by atoms with van der Waals surface area (Å²) >= 11 is 0. The standard InChI is InChI=1S/C17H23N5O4/c18-17(19)21-6-2-1-5-20-15(25)11-4-3-10-7-12(9-14(23)24)16(26)22-13(10)8-11/h3-4,8,12H,1-2,5-7,9H2,(H,20,25)(H,22,26)(H,23,24)(H4,18,19,21). The molecule has 140 valence electrons. The Bertz CT molecular complexity index is 728. The molecule has 1 aliphatic heterocycles. The van der Waals surface area contributed by atoms with Crippen molar-refractivity contribution in [3.63, 3.8) is 0 Å². The van der Waals surface area contributed by atoms with E-state index in [-0.39, 0.29) is 24.2 Å².